The van der Waals surface area contributed by atoms with Crippen molar-refractivity contribution >= 4 is 17.5 Å². The number of amides is 2. The second-order valence-corrected chi connectivity index (χ2v) is 4.14. The van der Waals surface area contributed by atoms with Crippen molar-refractivity contribution in [2.75, 3.05) is 5.32 Å². The molecule has 2 aromatic rings. The molecule has 7 nitrogen and oxygen atoms in total. The molecule has 0 unspecified atom stereocenters. The molecule has 2 rings (SSSR count). The highest BCUT2D eigenvalue weighted by Gasteiger charge is 2.11. The third kappa shape index (κ3) is 3.50. The maximum atomic E-state index is 13.3. The molecule has 0 aliphatic rings. The van der Waals surface area contributed by atoms with E-state index in [2.05, 4.69) is 10.3 Å². The Balaban J connectivity index is 2.13. The minimum absolute atomic E-state index is 0.201. The maximum absolute atomic E-state index is 13.3. The number of aromatic nitrogens is 2. The largest absolute Gasteiger partial charge is 0.366 e. The molecule has 0 radical (unpaired) electrons. The van der Waals surface area contributed by atoms with Gasteiger partial charge in [-0.05, 0) is 24.3 Å². The zero-order valence-corrected chi connectivity index (χ0v) is 10.7. The molecule has 0 aliphatic carbocycles. The first-order valence-electron chi connectivity index (χ1n) is 5.88. The van der Waals surface area contributed by atoms with Gasteiger partial charge in [-0.15, -0.1) is 0 Å². The molecule has 0 atom stereocenters. The van der Waals surface area contributed by atoms with Crippen molar-refractivity contribution in [3.63, 3.8) is 0 Å². The van der Waals surface area contributed by atoms with Gasteiger partial charge in [0.15, 0.2) is 0 Å². The van der Waals surface area contributed by atoms with E-state index in [1.165, 1.54) is 24.5 Å². The normalized spacial score (nSPS) is 10.1. The molecule has 1 aromatic carbocycles. The zero-order valence-electron chi connectivity index (χ0n) is 10.7. The molecule has 108 valence electrons. The second-order valence-electron chi connectivity index (χ2n) is 4.14. The molecular formula is C13H11FN4O3. The van der Waals surface area contributed by atoms with Crippen LogP contribution in [0.1, 0.15) is 10.4 Å². The van der Waals surface area contributed by atoms with Gasteiger partial charge in [-0.2, -0.15) is 0 Å². The Kier molecular flexibility index (Phi) is 4.07. The summed E-state index contributed by atoms with van der Waals surface area (Å²) in [6.07, 6.45) is 2.73. The summed E-state index contributed by atoms with van der Waals surface area (Å²) < 4.78 is 14.4. The van der Waals surface area contributed by atoms with Crippen LogP contribution in [-0.4, -0.2) is 21.4 Å². The summed E-state index contributed by atoms with van der Waals surface area (Å²) in [5, 5.41) is 2.44. The Bertz CT molecular complexity index is 757. The Labute approximate surface area is 118 Å². The molecule has 1 heterocycles. The van der Waals surface area contributed by atoms with E-state index in [1.54, 1.807) is 0 Å². The van der Waals surface area contributed by atoms with Gasteiger partial charge in [0.1, 0.15) is 12.4 Å². The first-order chi connectivity index (χ1) is 9.97. The molecule has 3 N–H and O–H groups in total. The van der Waals surface area contributed by atoms with E-state index >= 15 is 0 Å². The van der Waals surface area contributed by atoms with Crippen LogP contribution in [0, 0.1) is 5.82 Å². The second kappa shape index (κ2) is 5.95. The van der Waals surface area contributed by atoms with Gasteiger partial charge in [0.05, 0.1) is 5.56 Å². The lowest BCUT2D eigenvalue weighted by Crippen LogP contribution is -2.28. The van der Waals surface area contributed by atoms with Gasteiger partial charge in [0.2, 0.25) is 5.91 Å². The number of primary amides is 1. The minimum atomic E-state index is -0.938. The van der Waals surface area contributed by atoms with Crippen LogP contribution in [0.5, 0.6) is 0 Å². The molecule has 0 bridgehead atoms. The predicted molar refractivity (Wildman–Crippen MR) is 72.0 cm³/mol. The Morgan fingerprint density at radius 3 is 2.81 bits per heavy atom. The standard InChI is InChI=1S/C13H11FN4O3/c14-10-3-2-8(6-9(10)12(15)20)17-11(19)7-18-5-1-4-16-13(18)21/h1-6H,7H2,(H2,15,20)(H,17,19). The van der Waals surface area contributed by atoms with Crippen molar-refractivity contribution in [3.05, 3.63) is 58.5 Å². The molecule has 0 saturated carbocycles. The minimum Gasteiger partial charge on any atom is -0.366 e. The van der Waals surface area contributed by atoms with Crippen molar-refractivity contribution in [1.82, 2.24) is 9.55 Å². The SMILES string of the molecule is NC(=O)c1cc(NC(=O)Cn2cccnc2=O)ccc1F. The van der Waals surface area contributed by atoms with Gasteiger partial charge in [0.25, 0.3) is 5.91 Å². The number of rotatable bonds is 4. The van der Waals surface area contributed by atoms with E-state index in [9.17, 15) is 18.8 Å². The molecule has 0 saturated heterocycles. The lowest BCUT2D eigenvalue weighted by Gasteiger charge is -2.08. The fourth-order valence-corrected chi connectivity index (χ4v) is 1.65. The molecule has 2 amide bonds. The number of hydrogen-bond acceptors (Lipinski definition) is 4. The average molecular weight is 290 g/mol. The maximum Gasteiger partial charge on any atom is 0.347 e. The number of halogens is 1. The van der Waals surface area contributed by atoms with Crippen LogP contribution in [0.15, 0.2) is 41.5 Å². The van der Waals surface area contributed by atoms with E-state index in [-0.39, 0.29) is 17.8 Å². The lowest BCUT2D eigenvalue weighted by molar-refractivity contribution is -0.116. The van der Waals surface area contributed by atoms with Crippen LogP contribution >= 0.6 is 0 Å². The van der Waals surface area contributed by atoms with Gasteiger partial charge < -0.3 is 11.1 Å². The summed E-state index contributed by atoms with van der Waals surface area (Å²) >= 11 is 0. The van der Waals surface area contributed by atoms with Gasteiger partial charge >= 0.3 is 5.69 Å². The summed E-state index contributed by atoms with van der Waals surface area (Å²) in [4.78, 5) is 37.7. The average Bonchev–Trinajstić information content (AvgIpc) is 2.43. The molecular weight excluding hydrogens is 279 g/mol. The van der Waals surface area contributed by atoms with E-state index in [4.69, 9.17) is 5.73 Å². The Morgan fingerprint density at radius 1 is 1.38 bits per heavy atom. The van der Waals surface area contributed by atoms with Gasteiger partial charge in [-0.25, -0.2) is 14.2 Å². The quantitative estimate of drug-likeness (QED) is 0.833. The topological polar surface area (TPSA) is 107 Å². The van der Waals surface area contributed by atoms with E-state index < -0.39 is 23.3 Å². The van der Waals surface area contributed by atoms with Crippen LogP contribution in [-0.2, 0) is 11.3 Å². The number of carbonyl (C=O) groups is 2. The van der Waals surface area contributed by atoms with Crippen LogP contribution in [0.25, 0.3) is 0 Å². The third-order valence-corrected chi connectivity index (χ3v) is 2.61. The van der Waals surface area contributed by atoms with Crippen molar-refractivity contribution in [3.8, 4) is 0 Å². The van der Waals surface area contributed by atoms with Crippen LogP contribution in [0.4, 0.5) is 10.1 Å². The van der Waals surface area contributed by atoms with Crippen LogP contribution in [0.3, 0.4) is 0 Å². The van der Waals surface area contributed by atoms with Crippen molar-refractivity contribution in [2.45, 2.75) is 6.54 Å². The number of nitrogens with two attached hydrogens (primary N) is 1. The third-order valence-electron chi connectivity index (χ3n) is 2.61. The number of anilines is 1. The smallest absolute Gasteiger partial charge is 0.347 e. The first-order valence-corrected chi connectivity index (χ1v) is 5.88. The van der Waals surface area contributed by atoms with Gasteiger partial charge in [0, 0.05) is 18.1 Å². The summed E-state index contributed by atoms with van der Waals surface area (Å²) in [7, 11) is 0. The number of hydrogen-bond donors (Lipinski definition) is 2. The van der Waals surface area contributed by atoms with E-state index in [1.807, 2.05) is 0 Å². The lowest BCUT2D eigenvalue weighted by atomic mass is 10.2. The molecule has 0 fully saturated rings. The predicted octanol–water partition coefficient (Wildman–Crippen LogP) is 0.120. The molecule has 0 aliphatic heterocycles. The summed E-state index contributed by atoms with van der Waals surface area (Å²) in [6.45, 7) is -0.254. The van der Waals surface area contributed by atoms with Gasteiger partial charge in [-0.1, -0.05) is 0 Å². The summed E-state index contributed by atoms with van der Waals surface area (Å²) in [5.74, 6) is -2.23. The highest BCUT2D eigenvalue weighted by atomic mass is 19.1. The van der Waals surface area contributed by atoms with Crippen LogP contribution < -0.4 is 16.7 Å². The number of carbonyl (C=O) groups excluding carboxylic acids is 2. The van der Waals surface area contributed by atoms with E-state index in [0.717, 1.165) is 16.7 Å². The Hall–Kier alpha value is -3.03. The monoisotopic (exact) mass is 290 g/mol. The number of nitrogens with zero attached hydrogens (tertiary/aromatic N) is 2. The van der Waals surface area contributed by atoms with Crippen molar-refractivity contribution in [1.29, 1.82) is 0 Å². The number of nitrogens with one attached hydrogen (secondary N) is 1. The highest BCUT2D eigenvalue weighted by molar-refractivity contribution is 5.96. The molecule has 21 heavy (non-hydrogen) atoms. The van der Waals surface area contributed by atoms with Crippen molar-refractivity contribution in [2.24, 2.45) is 5.73 Å². The summed E-state index contributed by atoms with van der Waals surface area (Å²) in [6, 6.07) is 4.94. The fourth-order valence-electron chi connectivity index (χ4n) is 1.65. The fraction of sp³-hybridized carbons (Fsp3) is 0.0769. The zero-order chi connectivity index (χ0) is 15.4. The van der Waals surface area contributed by atoms with Crippen molar-refractivity contribution < 1.29 is 14.0 Å². The molecule has 1 aromatic heterocycles. The van der Waals surface area contributed by atoms with Gasteiger partial charge in [-0.3, -0.25) is 14.2 Å². The van der Waals surface area contributed by atoms with Crippen LogP contribution in [0.2, 0.25) is 0 Å². The molecule has 8 heteroatoms. The highest BCUT2D eigenvalue weighted by Crippen LogP contribution is 2.14. The first kappa shape index (κ1) is 14.4. The molecule has 0 spiro atoms. The number of benzene rings is 1. The summed E-state index contributed by atoms with van der Waals surface area (Å²) in [5.41, 5.74) is 4.32. The Morgan fingerprint density at radius 2 is 2.14 bits per heavy atom. The van der Waals surface area contributed by atoms with E-state index in [0.29, 0.717) is 0 Å².